The van der Waals surface area contributed by atoms with Crippen LogP contribution in [0.3, 0.4) is 0 Å². The molecule has 78 valence electrons. The van der Waals surface area contributed by atoms with Crippen LogP contribution in [-0.4, -0.2) is 14.7 Å². The summed E-state index contributed by atoms with van der Waals surface area (Å²) in [4.78, 5) is 4.10. The molecule has 0 spiro atoms. The van der Waals surface area contributed by atoms with Crippen molar-refractivity contribution >= 4 is 0 Å². The van der Waals surface area contributed by atoms with Gasteiger partial charge in [0.25, 0.3) is 0 Å². The largest absolute Gasteiger partial charge is 0.390 e. The zero-order chi connectivity index (χ0) is 9.80. The second-order valence-corrected chi connectivity index (χ2v) is 4.10. The van der Waals surface area contributed by atoms with Gasteiger partial charge in [-0.15, -0.1) is 0 Å². The first kappa shape index (κ1) is 9.71. The van der Waals surface area contributed by atoms with E-state index in [4.69, 9.17) is 5.11 Å². The Hall–Kier alpha value is -0.830. The van der Waals surface area contributed by atoms with E-state index in [0.29, 0.717) is 6.04 Å². The highest BCUT2D eigenvalue weighted by Crippen LogP contribution is 2.27. The van der Waals surface area contributed by atoms with Crippen LogP contribution in [0.15, 0.2) is 12.5 Å². The highest BCUT2D eigenvalue weighted by Gasteiger charge is 2.15. The Morgan fingerprint density at radius 3 is 2.64 bits per heavy atom. The van der Waals surface area contributed by atoms with Gasteiger partial charge in [0.05, 0.1) is 24.8 Å². The Kier molecular flexibility index (Phi) is 3.19. The number of hydrogen-bond donors (Lipinski definition) is 1. The maximum absolute atomic E-state index is 9.15. The molecule has 1 saturated carbocycles. The van der Waals surface area contributed by atoms with Crippen molar-refractivity contribution in [2.75, 3.05) is 0 Å². The molecule has 1 fully saturated rings. The van der Waals surface area contributed by atoms with Crippen LogP contribution in [0, 0.1) is 0 Å². The standard InChI is InChI=1S/C11H18N2O/c14-8-11-7-12-9-13(11)10-5-3-1-2-4-6-10/h7,9-10,14H,1-6,8H2. The van der Waals surface area contributed by atoms with Gasteiger partial charge in [-0.2, -0.15) is 0 Å². The number of rotatable bonds is 2. The number of nitrogens with zero attached hydrogens (tertiary/aromatic N) is 2. The average molecular weight is 194 g/mol. The van der Waals surface area contributed by atoms with Gasteiger partial charge in [-0.1, -0.05) is 25.7 Å². The molecule has 0 atom stereocenters. The summed E-state index contributed by atoms with van der Waals surface area (Å²) in [6, 6.07) is 0.571. The monoisotopic (exact) mass is 194 g/mol. The Bertz CT molecular complexity index is 275. The SMILES string of the molecule is OCc1cncn1C1CCCCCC1. The van der Waals surface area contributed by atoms with Gasteiger partial charge in [-0.05, 0) is 12.8 Å². The summed E-state index contributed by atoms with van der Waals surface area (Å²) in [5.74, 6) is 0. The van der Waals surface area contributed by atoms with Crippen molar-refractivity contribution in [3.05, 3.63) is 18.2 Å². The van der Waals surface area contributed by atoms with Crippen molar-refractivity contribution in [1.82, 2.24) is 9.55 Å². The van der Waals surface area contributed by atoms with Crippen LogP contribution < -0.4 is 0 Å². The van der Waals surface area contributed by atoms with E-state index in [9.17, 15) is 0 Å². The van der Waals surface area contributed by atoms with Crippen LogP contribution in [0.2, 0.25) is 0 Å². The van der Waals surface area contributed by atoms with E-state index >= 15 is 0 Å². The molecule has 0 aromatic carbocycles. The first-order valence-corrected chi connectivity index (χ1v) is 5.53. The zero-order valence-corrected chi connectivity index (χ0v) is 8.52. The molecule has 0 bridgehead atoms. The van der Waals surface area contributed by atoms with Gasteiger partial charge >= 0.3 is 0 Å². The molecule has 1 aromatic heterocycles. The molecule has 3 heteroatoms. The van der Waals surface area contributed by atoms with E-state index in [1.54, 1.807) is 6.20 Å². The van der Waals surface area contributed by atoms with Crippen molar-refractivity contribution in [3.63, 3.8) is 0 Å². The van der Waals surface area contributed by atoms with E-state index in [0.717, 1.165) is 5.69 Å². The molecule has 1 heterocycles. The highest BCUT2D eigenvalue weighted by molar-refractivity contribution is 4.98. The normalized spacial score (nSPS) is 19.5. The molecule has 3 nitrogen and oxygen atoms in total. The van der Waals surface area contributed by atoms with Gasteiger partial charge < -0.3 is 9.67 Å². The fraction of sp³-hybridized carbons (Fsp3) is 0.727. The van der Waals surface area contributed by atoms with Crippen molar-refractivity contribution in [2.45, 2.75) is 51.2 Å². The molecule has 1 aliphatic rings. The molecule has 2 rings (SSSR count). The van der Waals surface area contributed by atoms with Crippen LogP contribution in [-0.2, 0) is 6.61 Å². The first-order chi connectivity index (χ1) is 6.92. The lowest BCUT2D eigenvalue weighted by atomic mass is 10.1. The summed E-state index contributed by atoms with van der Waals surface area (Å²) < 4.78 is 2.16. The topological polar surface area (TPSA) is 38.1 Å². The predicted octanol–water partition coefficient (Wildman–Crippen LogP) is 2.27. The highest BCUT2D eigenvalue weighted by atomic mass is 16.3. The quantitative estimate of drug-likeness (QED) is 0.733. The minimum atomic E-state index is 0.108. The first-order valence-electron chi connectivity index (χ1n) is 5.53. The van der Waals surface area contributed by atoms with Crippen LogP contribution in [0.1, 0.15) is 50.3 Å². The fourth-order valence-corrected chi connectivity index (χ4v) is 2.32. The number of aliphatic hydroxyl groups excluding tert-OH is 1. The second kappa shape index (κ2) is 4.60. The summed E-state index contributed by atoms with van der Waals surface area (Å²) in [7, 11) is 0. The van der Waals surface area contributed by atoms with E-state index in [1.807, 2.05) is 6.33 Å². The van der Waals surface area contributed by atoms with Gasteiger partial charge in [0.1, 0.15) is 0 Å². The molecule has 0 saturated heterocycles. The smallest absolute Gasteiger partial charge is 0.0951 e. The minimum absolute atomic E-state index is 0.108. The molecule has 1 aromatic rings. The number of imidazole rings is 1. The second-order valence-electron chi connectivity index (χ2n) is 4.10. The Morgan fingerprint density at radius 2 is 2.00 bits per heavy atom. The molecular weight excluding hydrogens is 176 g/mol. The Balaban J connectivity index is 2.11. The summed E-state index contributed by atoms with van der Waals surface area (Å²) in [5, 5.41) is 9.15. The Labute approximate surface area is 84.8 Å². The van der Waals surface area contributed by atoms with Crippen molar-refractivity contribution in [1.29, 1.82) is 0 Å². The van der Waals surface area contributed by atoms with Crippen LogP contribution >= 0.6 is 0 Å². The summed E-state index contributed by atoms with van der Waals surface area (Å²) in [6.07, 6.45) is 11.5. The molecule has 0 radical (unpaired) electrons. The summed E-state index contributed by atoms with van der Waals surface area (Å²) in [6.45, 7) is 0.108. The van der Waals surface area contributed by atoms with Crippen LogP contribution in [0.5, 0.6) is 0 Å². The van der Waals surface area contributed by atoms with Gasteiger partial charge in [0, 0.05) is 6.04 Å². The van der Waals surface area contributed by atoms with E-state index in [2.05, 4.69) is 9.55 Å². The maximum Gasteiger partial charge on any atom is 0.0951 e. The fourth-order valence-electron chi connectivity index (χ4n) is 2.32. The third-order valence-electron chi connectivity index (χ3n) is 3.13. The Morgan fingerprint density at radius 1 is 1.29 bits per heavy atom. The maximum atomic E-state index is 9.15. The van der Waals surface area contributed by atoms with Crippen LogP contribution in [0.25, 0.3) is 0 Å². The molecule has 0 aliphatic heterocycles. The lowest BCUT2D eigenvalue weighted by Gasteiger charge is -2.17. The molecular formula is C11H18N2O. The summed E-state index contributed by atoms with van der Waals surface area (Å²) in [5.41, 5.74) is 0.955. The van der Waals surface area contributed by atoms with Crippen molar-refractivity contribution < 1.29 is 5.11 Å². The van der Waals surface area contributed by atoms with Gasteiger partial charge in [-0.25, -0.2) is 4.98 Å². The minimum Gasteiger partial charge on any atom is -0.390 e. The van der Waals surface area contributed by atoms with Crippen molar-refractivity contribution in [3.8, 4) is 0 Å². The number of aromatic nitrogens is 2. The molecule has 0 unspecified atom stereocenters. The lowest BCUT2D eigenvalue weighted by Crippen LogP contribution is -2.10. The van der Waals surface area contributed by atoms with E-state index in [-0.39, 0.29) is 6.61 Å². The number of aliphatic hydroxyl groups is 1. The van der Waals surface area contributed by atoms with Gasteiger partial charge in [-0.3, -0.25) is 0 Å². The van der Waals surface area contributed by atoms with Gasteiger partial charge in [0.15, 0.2) is 0 Å². The molecule has 14 heavy (non-hydrogen) atoms. The van der Waals surface area contributed by atoms with Crippen LogP contribution in [0.4, 0.5) is 0 Å². The number of hydrogen-bond acceptors (Lipinski definition) is 2. The molecule has 1 aliphatic carbocycles. The molecule has 1 N–H and O–H groups in total. The third kappa shape index (κ3) is 1.98. The van der Waals surface area contributed by atoms with E-state index in [1.165, 1.54) is 38.5 Å². The van der Waals surface area contributed by atoms with E-state index < -0.39 is 0 Å². The van der Waals surface area contributed by atoms with Crippen molar-refractivity contribution in [2.24, 2.45) is 0 Å². The summed E-state index contributed by atoms with van der Waals surface area (Å²) >= 11 is 0. The predicted molar refractivity (Wildman–Crippen MR) is 54.9 cm³/mol. The zero-order valence-electron chi connectivity index (χ0n) is 8.52. The van der Waals surface area contributed by atoms with Gasteiger partial charge in [0.2, 0.25) is 0 Å². The third-order valence-corrected chi connectivity index (χ3v) is 3.13. The molecule has 0 amide bonds. The lowest BCUT2D eigenvalue weighted by molar-refractivity contribution is 0.263. The average Bonchev–Trinajstić information content (AvgIpc) is 2.52.